The van der Waals surface area contributed by atoms with Crippen LogP contribution in [0.15, 0.2) is 0 Å². The maximum absolute atomic E-state index is 8.63. The van der Waals surface area contributed by atoms with Gasteiger partial charge in [0.25, 0.3) is 0 Å². The molecule has 0 aromatic heterocycles. The van der Waals surface area contributed by atoms with Crippen LogP contribution in [0.25, 0.3) is 0 Å². The molecular formula is C82H166O42. The van der Waals surface area contributed by atoms with Gasteiger partial charge in [0.2, 0.25) is 0 Å². The first-order valence-corrected chi connectivity index (χ1v) is 44.2. The Balaban J connectivity index is 3.10. The fourth-order valence-corrected chi connectivity index (χ4v) is 8.81. The Morgan fingerprint density at radius 1 is 0.0565 bits per heavy atom. The van der Waals surface area contributed by atoms with Gasteiger partial charge >= 0.3 is 0 Å². The number of hydrogen-bond acceptors (Lipinski definition) is 42. The molecule has 0 rings (SSSR count). The number of aliphatic hydroxyl groups excluding tert-OH is 2. The van der Waals surface area contributed by atoms with E-state index in [2.05, 4.69) is 0 Å². The summed E-state index contributed by atoms with van der Waals surface area (Å²) in [4.78, 5) is 0. The second-order valence-electron chi connectivity index (χ2n) is 24.9. The Hall–Kier alpha value is -1.68. The van der Waals surface area contributed by atoms with Crippen molar-refractivity contribution in [2.45, 2.75) is 0 Å². The van der Waals surface area contributed by atoms with Crippen molar-refractivity contribution in [1.82, 2.24) is 0 Å². The van der Waals surface area contributed by atoms with Crippen molar-refractivity contribution in [2.24, 2.45) is 0 Å². The standard InChI is InChI=1S/C82H166O42/c83-1-3-85-5-7-87-9-11-89-13-15-91-17-19-93-21-23-95-25-27-97-29-31-99-33-35-101-37-39-103-41-43-105-45-47-107-49-51-109-53-55-111-57-59-113-61-63-115-65-67-117-69-71-119-73-75-121-77-79-123-81-82-124-80-78-122-76-74-120-72-70-118-68-66-116-64-62-114-60-58-112-56-54-110-52-50-108-48-46-106-44-42-104-40-38-102-36-34-100-32-30-98-28-26-96-24-22-94-20-18-92-16-14-90-12-10-88-8-6-86-4-2-84/h83-84H,1-82H2. The molecule has 0 saturated carbocycles. The van der Waals surface area contributed by atoms with Crippen LogP contribution < -0.4 is 0 Å². The summed E-state index contributed by atoms with van der Waals surface area (Å²) in [6.45, 7) is 38.0. The van der Waals surface area contributed by atoms with Crippen LogP contribution in [0.3, 0.4) is 0 Å². The van der Waals surface area contributed by atoms with Crippen LogP contribution in [0, 0.1) is 0 Å². The summed E-state index contributed by atoms with van der Waals surface area (Å²) in [6.07, 6.45) is 0. The van der Waals surface area contributed by atoms with Gasteiger partial charge < -0.3 is 200 Å². The normalized spacial score (nSPS) is 11.9. The van der Waals surface area contributed by atoms with Gasteiger partial charge in [0.1, 0.15) is 0 Å². The highest BCUT2D eigenvalue weighted by molar-refractivity contribution is 4.47. The molecule has 0 amide bonds. The third-order valence-electron chi connectivity index (χ3n) is 15.0. The minimum atomic E-state index is 0.0146. The van der Waals surface area contributed by atoms with Crippen LogP contribution in [-0.4, -0.2) is 552 Å². The quantitative estimate of drug-likeness (QED) is 0.0734. The molecule has 42 nitrogen and oxygen atoms in total. The van der Waals surface area contributed by atoms with E-state index >= 15 is 0 Å². The predicted octanol–water partition coefficient (Wildman–Crippen LogP) is -0.365. The molecule has 0 saturated heterocycles. The molecule has 124 heavy (non-hydrogen) atoms. The van der Waals surface area contributed by atoms with Gasteiger partial charge in [-0.1, -0.05) is 0 Å². The largest absolute Gasteiger partial charge is 0.394 e. The number of ether oxygens (including phenoxy) is 40. The Labute approximate surface area is 738 Å². The Bertz CT molecular complexity index is 1600. The average molecular weight is 1820 g/mol. The van der Waals surface area contributed by atoms with Gasteiger partial charge in [0.05, 0.1) is 542 Å². The van der Waals surface area contributed by atoms with Gasteiger partial charge in [0.15, 0.2) is 0 Å². The van der Waals surface area contributed by atoms with Gasteiger partial charge in [-0.2, -0.15) is 0 Å². The SMILES string of the molecule is OCCOCCOCCOCCOCCOCCOCCOCCOCCOCCOCCOCCOCCOCCOCCOCCOCCOCCOCCOCCOCCOCCOCCOCCOCCOCCOCCOCCOCCOCCOCCOCCOCCOCCOCCOCCOCCOCCOCCOCCOCCO. The molecule has 0 heterocycles. The topological polar surface area (TPSA) is 410 Å². The zero-order valence-electron chi connectivity index (χ0n) is 75.2. The van der Waals surface area contributed by atoms with Crippen molar-refractivity contribution in [2.75, 3.05) is 542 Å². The highest BCUT2D eigenvalue weighted by Gasteiger charge is 2.05. The van der Waals surface area contributed by atoms with Crippen LogP contribution in [0.5, 0.6) is 0 Å². The summed E-state index contributed by atoms with van der Waals surface area (Å²) in [7, 11) is 0. The first-order valence-electron chi connectivity index (χ1n) is 44.2. The average Bonchev–Trinajstić information content (AvgIpc) is 1.21. The Morgan fingerprint density at radius 2 is 0.0887 bits per heavy atom. The number of rotatable bonds is 121. The maximum Gasteiger partial charge on any atom is 0.0701 e. The smallest absolute Gasteiger partial charge is 0.0701 e. The summed E-state index contributed by atoms with van der Waals surface area (Å²) in [5, 5.41) is 17.3. The van der Waals surface area contributed by atoms with Gasteiger partial charge in [-0.25, -0.2) is 0 Å². The molecular weight excluding hydrogens is 1660 g/mol. The maximum atomic E-state index is 8.63. The van der Waals surface area contributed by atoms with Crippen molar-refractivity contribution in [3.05, 3.63) is 0 Å². The van der Waals surface area contributed by atoms with E-state index in [-0.39, 0.29) is 13.2 Å². The van der Waals surface area contributed by atoms with E-state index in [0.717, 1.165) is 0 Å². The molecule has 0 fully saturated rings. The van der Waals surface area contributed by atoms with Crippen LogP contribution in [0.1, 0.15) is 0 Å². The van der Waals surface area contributed by atoms with E-state index in [4.69, 9.17) is 200 Å². The molecule has 2 N–H and O–H groups in total. The zero-order chi connectivity index (χ0) is 88.3. The molecule has 0 aromatic rings. The highest BCUT2D eigenvalue weighted by atomic mass is 16.6. The van der Waals surface area contributed by atoms with E-state index in [1.807, 2.05) is 0 Å². The molecule has 0 bridgehead atoms. The first kappa shape index (κ1) is 122. The monoisotopic (exact) mass is 1820 g/mol. The molecule has 0 spiro atoms. The minimum absolute atomic E-state index is 0.0146. The highest BCUT2D eigenvalue weighted by Crippen LogP contribution is 1.96. The fraction of sp³-hybridized carbons (Fsp3) is 1.00. The molecule has 0 aliphatic rings. The van der Waals surface area contributed by atoms with Crippen molar-refractivity contribution in [1.29, 1.82) is 0 Å². The lowest BCUT2D eigenvalue weighted by Crippen LogP contribution is -2.16. The molecule has 746 valence electrons. The molecule has 0 aliphatic heterocycles. The van der Waals surface area contributed by atoms with Gasteiger partial charge in [0, 0.05) is 0 Å². The Kier molecular flexibility index (Phi) is 120. The lowest BCUT2D eigenvalue weighted by molar-refractivity contribution is -0.0329. The lowest BCUT2D eigenvalue weighted by Gasteiger charge is -2.09. The lowest BCUT2D eigenvalue weighted by atomic mass is 10.6. The summed E-state index contributed by atoms with van der Waals surface area (Å²) in [5.41, 5.74) is 0. The van der Waals surface area contributed by atoms with Gasteiger partial charge in [-0.15, -0.1) is 0 Å². The molecule has 0 aromatic carbocycles. The van der Waals surface area contributed by atoms with Crippen LogP contribution in [0.4, 0.5) is 0 Å². The zero-order valence-corrected chi connectivity index (χ0v) is 75.2. The molecule has 0 unspecified atom stereocenters. The molecule has 0 atom stereocenters. The van der Waals surface area contributed by atoms with E-state index in [1.165, 1.54) is 0 Å². The fourth-order valence-electron chi connectivity index (χ4n) is 8.81. The van der Waals surface area contributed by atoms with Crippen LogP contribution in [0.2, 0.25) is 0 Å². The van der Waals surface area contributed by atoms with Gasteiger partial charge in [-0.05, 0) is 0 Å². The molecule has 42 heteroatoms. The van der Waals surface area contributed by atoms with E-state index in [0.29, 0.717) is 529 Å². The molecule has 0 radical (unpaired) electrons. The third kappa shape index (κ3) is 120. The summed E-state index contributed by atoms with van der Waals surface area (Å²) >= 11 is 0. The van der Waals surface area contributed by atoms with Crippen molar-refractivity contribution in [3.63, 3.8) is 0 Å². The predicted molar refractivity (Wildman–Crippen MR) is 447 cm³/mol. The van der Waals surface area contributed by atoms with E-state index in [9.17, 15) is 0 Å². The number of aliphatic hydroxyl groups is 2. The first-order chi connectivity index (χ1) is 61.9. The van der Waals surface area contributed by atoms with E-state index in [1.54, 1.807) is 0 Å². The van der Waals surface area contributed by atoms with Crippen LogP contribution in [-0.2, 0) is 189 Å². The van der Waals surface area contributed by atoms with E-state index < -0.39 is 0 Å². The van der Waals surface area contributed by atoms with Gasteiger partial charge in [-0.3, -0.25) is 0 Å². The summed E-state index contributed by atoms with van der Waals surface area (Å²) in [6, 6.07) is 0. The third-order valence-corrected chi connectivity index (χ3v) is 15.0. The minimum Gasteiger partial charge on any atom is -0.394 e. The second kappa shape index (κ2) is 121. The van der Waals surface area contributed by atoms with Crippen LogP contribution >= 0.6 is 0 Å². The molecule has 0 aliphatic carbocycles. The Morgan fingerprint density at radius 3 is 0.121 bits per heavy atom. The van der Waals surface area contributed by atoms with Crippen molar-refractivity contribution < 1.29 is 200 Å². The van der Waals surface area contributed by atoms with Crippen molar-refractivity contribution in [3.8, 4) is 0 Å². The number of hydrogen-bond donors (Lipinski definition) is 2. The summed E-state index contributed by atoms with van der Waals surface area (Å²) < 4.78 is 220. The summed E-state index contributed by atoms with van der Waals surface area (Å²) in [5.74, 6) is 0. The second-order valence-corrected chi connectivity index (χ2v) is 24.9. The van der Waals surface area contributed by atoms with Crippen molar-refractivity contribution >= 4 is 0 Å².